The molecular formula is C6H11BrN2SSi. The number of H-pyrrole nitrogens is 1. The third-order valence-corrected chi connectivity index (χ3v) is 10.8. The SMILES string of the molecule is C[Si](C)(CBr)Sc1ncc[nH]1. The minimum absolute atomic E-state index is 1.04. The van der Waals surface area contributed by atoms with Crippen molar-refractivity contribution in [2.75, 3.05) is 4.95 Å². The lowest BCUT2D eigenvalue weighted by molar-refractivity contribution is 1.07. The summed E-state index contributed by atoms with van der Waals surface area (Å²) in [6.07, 6.45) is 3.65. The Morgan fingerprint density at radius 1 is 1.73 bits per heavy atom. The second-order valence-corrected chi connectivity index (χ2v) is 12.9. The van der Waals surface area contributed by atoms with E-state index in [-0.39, 0.29) is 0 Å². The number of alkyl halides is 1. The van der Waals surface area contributed by atoms with Gasteiger partial charge in [-0.2, -0.15) is 0 Å². The maximum Gasteiger partial charge on any atom is 0.159 e. The van der Waals surface area contributed by atoms with Crippen molar-refractivity contribution in [2.45, 2.75) is 18.3 Å². The highest BCUT2D eigenvalue weighted by Crippen LogP contribution is 2.27. The number of nitrogens with zero attached hydrogens (tertiary/aromatic N) is 1. The molecule has 1 N–H and O–H groups in total. The molecule has 2 nitrogen and oxygen atoms in total. The van der Waals surface area contributed by atoms with E-state index in [1.54, 1.807) is 6.20 Å². The second-order valence-electron chi connectivity index (χ2n) is 2.89. The van der Waals surface area contributed by atoms with E-state index in [4.69, 9.17) is 0 Å². The monoisotopic (exact) mass is 250 g/mol. The minimum Gasteiger partial charge on any atom is -0.340 e. The molecule has 0 unspecified atom stereocenters. The molecule has 0 saturated heterocycles. The van der Waals surface area contributed by atoms with Gasteiger partial charge in [0.15, 0.2) is 5.16 Å². The average Bonchev–Trinajstić information content (AvgIpc) is 2.39. The first-order valence-corrected chi connectivity index (χ1v) is 9.25. The van der Waals surface area contributed by atoms with Crippen molar-refractivity contribution in [1.29, 1.82) is 0 Å². The van der Waals surface area contributed by atoms with Gasteiger partial charge in [0, 0.05) is 17.3 Å². The van der Waals surface area contributed by atoms with Crippen LogP contribution in [0.5, 0.6) is 0 Å². The summed E-state index contributed by atoms with van der Waals surface area (Å²) in [5.41, 5.74) is 0. The van der Waals surface area contributed by atoms with Gasteiger partial charge in [0.1, 0.15) is 7.22 Å². The Morgan fingerprint density at radius 3 is 2.91 bits per heavy atom. The van der Waals surface area contributed by atoms with Crippen LogP contribution in [0.4, 0.5) is 0 Å². The highest BCUT2D eigenvalue weighted by Gasteiger charge is 2.21. The van der Waals surface area contributed by atoms with Gasteiger partial charge in [0.25, 0.3) is 0 Å². The topological polar surface area (TPSA) is 28.7 Å². The van der Waals surface area contributed by atoms with Crippen molar-refractivity contribution in [3.05, 3.63) is 12.4 Å². The molecule has 0 aliphatic heterocycles. The number of halogens is 1. The third kappa shape index (κ3) is 3.00. The summed E-state index contributed by atoms with van der Waals surface area (Å²) in [5.74, 6) is 0. The van der Waals surface area contributed by atoms with Crippen LogP contribution >= 0.6 is 27.1 Å². The summed E-state index contributed by atoms with van der Waals surface area (Å²) in [6, 6.07) is 0. The Bertz CT molecular complexity index is 212. The van der Waals surface area contributed by atoms with Crippen LogP contribution in [-0.2, 0) is 0 Å². The minimum atomic E-state index is -1.14. The standard InChI is InChI=1S/C6H11BrN2SSi/c1-11(2,5-7)10-6-8-3-4-9-6/h3-4H,5H2,1-2H3,(H,8,9). The zero-order valence-corrected chi connectivity index (χ0v) is 10.00. The Morgan fingerprint density at radius 2 is 2.45 bits per heavy atom. The molecule has 11 heavy (non-hydrogen) atoms. The van der Waals surface area contributed by atoms with Crippen molar-refractivity contribution in [1.82, 2.24) is 9.97 Å². The Kier molecular flexibility index (Phi) is 3.21. The lowest BCUT2D eigenvalue weighted by atomic mass is 11.0. The van der Waals surface area contributed by atoms with Crippen LogP contribution in [0, 0.1) is 0 Å². The van der Waals surface area contributed by atoms with Crippen LogP contribution in [0.25, 0.3) is 0 Å². The van der Waals surface area contributed by atoms with Crippen LogP contribution in [0.3, 0.4) is 0 Å². The van der Waals surface area contributed by atoms with E-state index in [0.29, 0.717) is 0 Å². The molecule has 62 valence electrons. The van der Waals surface area contributed by atoms with Crippen LogP contribution < -0.4 is 0 Å². The number of imidazole rings is 1. The number of aromatic amines is 1. The Labute approximate surface area is 80.0 Å². The smallest absolute Gasteiger partial charge is 0.159 e. The van der Waals surface area contributed by atoms with E-state index in [0.717, 1.165) is 10.1 Å². The van der Waals surface area contributed by atoms with Gasteiger partial charge in [-0.15, -0.1) is 11.2 Å². The molecule has 0 saturated carbocycles. The molecule has 0 amide bonds. The van der Waals surface area contributed by atoms with E-state index in [1.165, 1.54) is 0 Å². The van der Waals surface area contributed by atoms with Gasteiger partial charge in [0.05, 0.1) is 0 Å². The number of hydrogen-bond donors (Lipinski definition) is 1. The fraction of sp³-hybridized carbons (Fsp3) is 0.500. The van der Waals surface area contributed by atoms with Crippen molar-refractivity contribution < 1.29 is 0 Å². The molecular weight excluding hydrogens is 240 g/mol. The third-order valence-electron chi connectivity index (χ3n) is 1.17. The summed E-state index contributed by atoms with van der Waals surface area (Å²) in [7, 11) is -1.14. The Balaban J connectivity index is 2.56. The zero-order chi connectivity index (χ0) is 8.32. The highest BCUT2D eigenvalue weighted by molar-refractivity contribution is 9.10. The molecule has 0 fully saturated rings. The first-order chi connectivity index (χ1) is 5.14. The normalized spacial score (nSPS) is 11.9. The maximum absolute atomic E-state index is 4.17. The fourth-order valence-electron chi connectivity index (χ4n) is 0.596. The lowest BCUT2D eigenvalue weighted by Crippen LogP contribution is -2.23. The molecule has 1 aromatic rings. The molecule has 0 bridgehead atoms. The molecule has 1 aromatic heterocycles. The molecule has 1 heterocycles. The fourth-order valence-corrected chi connectivity index (χ4v) is 4.51. The van der Waals surface area contributed by atoms with Gasteiger partial charge in [-0.05, 0) is 0 Å². The van der Waals surface area contributed by atoms with Gasteiger partial charge < -0.3 is 4.98 Å². The maximum atomic E-state index is 4.17. The molecule has 5 heteroatoms. The van der Waals surface area contributed by atoms with Crippen LogP contribution in [0.1, 0.15) is 0 Å². The number of nitrogens with one attached hydrogen (secondary N) is 1. The summed E-state index contributed by atoms with van der Waals surface area (Å²) in [6.45, 7) is 4.63. The van der Waals surface area contributed by atoms with Crippen LogP contribution in [0.15, 0.2) is 17.6 Å². The summed E-state index contributed by atoms with van der Waals surface area (Å²) >= 11 is 5.39. The van der Waals surface area contributed by atoms with Gasteiger partial charge in [-0.3, -0.25) is 0 Å². The molecule has 0 aliphatic rings. The predicted octanol–water partition coefficient (Wildman–Crippen LogP) is 2.64. The van der Waals surface area contributed by atoms with E-state index in [2.05, 4.69) is 39.0 Å². The van der Waals surface area contributed by atoms with Crippen LogP contribution in [-0.4, -0.2) is 22.1 Å². The van der Waals surface area contributed by atoms with E-state index < -0.39 is 7.22 Å². The lowest BCUT2D eigenvalue weighted by Gasteiger charge is -2.15. The predicted molar refractivity (Wildman–Crippen MR) is 55.7 cm³/mol. The first kappa shape index (κ1) is 9.35. The molecule has 0 radical (unpaired) electrons. The number of rotatable bonds is 3. The molecule has 0 atom stereocenters. The molecule has 0 aliphatic carbocycles. The van der Waals surface area contributed by atoms with Gasteiger partial charge >= 0.3 is 0 Å². The average molecular weight is 251 g/mol. The largest absolute Gasteiger partial charge is 0.340 e. The number of aromatic nitrogens is 2. The molecule has 0 spiro atoms. The van der Waals surface area contributed by atoms with E-state index in [9.17, 15) is 0 Å². The van der Waals surface area contributed by atoms with Gasteiger partial charge in [-0.1, -0.05) is 29.0 Å². The van der Waals surface area contributed by atoms with Crippen molar-refractivity contribution >= 4 is 34.4 Å². The number of hydrogen-bond acceptors (Lipinski definition) is 2. The van der Waals surface area contributed by atoms with Crippen molar-refractivity contribution in [2.24, 2.45) is 0 Å². The van der Waals surface area contributed by atoms with E-state index in [1.807, 2.05) is 17.4 Å². The van der Waals surface area contributed by atoms with Crippen molar-refractivity contribution in [3.8, 4) is 0 Å². The van der Waals surface area contributed by atoms with Gasteiger partial charge in [-0.25, -0.2) is 4.98 Å². The molecule has 1 rings (SSSR count). The summed E-state index contributed by atoms with van der Waals surface area (Å²) < 4.78 is 0. The first-order valence-electron chi connectivity index (χ1n) is 3.38. The Hall–Kier alpha value is 0.257. The van der Waals surface area contributed by atoms with Crippen molar-refractivity contribution in [3.63, 3.8) is 0 Å². The van der Waals surface area contributed by atoms with Crippen LogP contribution in [0.2, 0.25) is 13.1 Å². The second kappa shape index (κ2) is 3.78. The quantitative estimate of drug-likeness (QED) is 0.661. The van der Waals surface area contributed by atoms with Gasteiger partial charge in [0.2, 0.25) is 0 Å². The summed E-state index contributed by atoms with van der Waals surface area (Å²) in [5, 5.41) is 1.04. The highest BCUT2D eigenvalue weighted by atomic mass is 79.9. The molecule has 0 aromatic carbocycles. The van der Waals surface area contributed by atoms with E-state index >= 15 is 0 Å². The summed E-state index contributed by atoms with van der Waals surface area (Å²) in [4.78, 5) is 8.37. The zero-order valence-electron chi connectivity index (χ0n) is 6.60.